The van der Waals surface area contributed by atoms with Gasteiger partial charge in [0.25, 0.3) is 5.91 Å². The zero-order valence-corrected chi connectivity index (χ0v) is 11.5. The summed E-state index contributed by atoms with van der Waals surface area (Å²) < 4.78 is 5.52. The average molecular weight is 274 g/mol. The van der Waals surface area contributed by atoms with E-state index in [0.29, 0.717) is 13.2 Å². The van der Waals surface area contributed by atoms with Crippen LogP contribution in [0, 0.1) is 5.92 Å². The summed E-state index contributed by atoms with van der Waals surface area (Å²) in [5.74, 6) is -0.0279. The second-order valence-electron chi connectivity index (χ2n) is 5.46. The zero-order valence-electron chi connectivity index (χ0n) is 11.5. The first-order chi connectivity index (χ1) is 9.65. The highest BCUT2D eigenvalue weighted by Crippen LogP contribution is 2.25. The first-order valence-corrected chi connectivity index (χ1v) is 6.93. The molecule has 20 heavy (non-hydrogen) atoms. The molecule has 0 aromatic heterocycles. The Morgan fingerprint density at radius 1 is 1.35 bits per heavy atom. The largest absolute Gasteiger partial charge is 0.368 e. The van der Waals surface area contributed by atoms with Crippen molar-refractivity contribution >= 4 is 17.5 Å². The van der Waals surface area contributed by atoms with Crippen molar-refractivity contribution in [3.05, 3.63) is 29.8 Å². The quantitative estimate of drug-likeness (QED) is 0.842. The van der Waals surface area contributed by atoms with E-state index < -0.39 is 6.10 Å². The van der Waals surface area contributed by atoms with Gasteiger partial charge in [0.15, 0.2) is 0 Å². The first-order valence-electron chi connectivity index (χ1n) is 6.93. The number of hydrogen-bond donors (Lipinski definition) is 1. The summed E-state index contributed by atoms with van der Waals surface area (Å²) >= 11 is 0. The van der Waals surface area contributed by atoms with Gasteiger partial charge in [-0.2, -0.15) is 0 Å². The highest BCUT2D eigenvalue weighted by molar-refractivity contribution is 5.97. The second kappa shape index (κ2) is 5.25. The van der Waals surface area contributed by atoms with Gasteiger partial charge in [0.1, 0.15) is 12.6 Å². The van der Waals surface area contributed by atoms with Gasteiger partial charge in [-0.1, -0.05) is 25.1 Å². The first kappa shape index (κ1) is 13.1. The van der Waals surface area contributed by atoms with E-state index in [1.165, 1.54) is 0 Å². The predicted molar refractivity (Wildman–Crippen MR) is 74.0 cm³/mol. The van der Waals surface area contributed by atoms with Crippen LogP contribution in [-0.4, -0.2) is 36.0 Å². The molecule has 2 aliphatic heterocycles. The maximum atomic E-state index is 12.5. The third-order valence-corrected chi connectivity index (χ3v) is 3.93. The summed E-state index contributed by atoms with van der Waals surface area (Å²) in [6.45, 7) is 3.16. The molecule has 2 aliphatic rings. The van der Waals surface area contributed by atoms with Crippen molar-refractivity contribution in [1.29, 1.82) is 0 Å². The zero-order chi connectivity index (χ0) is 14.1. The maximum absolute atomic E-state index is 12.5. The van der Waals surface area contributed by atoms with Crippen molar-refractivity contribution in [2.24, 2.45) is 5.92 Å². The topological polar surface area (TPSA) is 58.6 Å². The molecule has 5 heteroatoms. The van der Waals surface area contributed by atoms with Crippen LogP contribution >= 0.6 is 0 Å². The molecule has 1 aromatic carbocycles. The summed E-state index contributed by atoms with van der Waals surface area (Å²) in [4.78, 5) is 26.0. The lowest BCUT2D eigenvalue weighted by Crippen LogP contribution is -2.43. The molecule has 0 bridgehead atoms. The molecule has 106 valence electrons. The number of carbonyl (C=O) groups excluding carboxylic acids is 2. The molecule has 2 amide bonds. The fourth-order valence-electron chi connectivity index (χ4n) is 2.75. The minimum Gasteiger partial charge on any atom is -0.368 e. The van der Waals surface area contributed by atoms with Gasteiger partial charge in [0.05, 0.1) is 0 Å². The molecule has 1 aromatic rings. The second-order valence-corrected chi connectivity index (χ2v) is 5.46. The molecule has 3 rings (SSSR count). The van der Waals surface area contributed by atoms with Gasteiger partial charge in [-0.25, -0.2) is 0 Å². The third kappa shape index (κ3) is 2.41. The fourth-order valence-corrected chi connectivity index (χ4v) is 2.75. The van der Waals surface area contributed by atoms with Crippen molar-refractivity contribution in [3.8, 4) is 0 Å². The van der Waals surface area contributed by atoms with Gasteiger partial charge in [-0.15, -0.1) is 0 Å². The van der Waals surface area contributed by atoms with E-state index in [-0.39, 0.29) is 24.3 Å². The molecule has 1 saturated heterocycles. The Balaban J connectivity index is 1.83. The third-order valence-electron chi connectivity index (χ3n) is 3.93. The van der Waals surface area contributed by atoms with Gasteiger partial charge in [-0.3, -0.25) is 9.59 Å². The van der Waals surface area contributed by atoms with Crippen molar-refractivity contribution in [3.63, 3.8) is 0 Å². The Labute approximate surface area is 117 Å². The van der Waals surface area contributed by atoms with Crippen LogP contribution in [0.3, 0.4) is 0 Å². The maximum Gasteiger partial charge on any atom is 0.252 e. The number of carbonyl (C=O) groups is 2. The summed E-state index contributed by atoms with van der Waals surface area (Å²) in [5.41, 5.74) is 1.74. The average Bonchev–Trinajstić information content (AvgIpc) is 2.77. The van der Waals surface area contributed by atoms with Crippen LogP contribution < -0.4 is 5.32 Å². The molecular weight excluding hydrogens is 256 g/mol. The predicted octanol–water partition coefficient (Wildman–Crippen LogP) is 1.39. The van der Waals surface area contributed by atoms with E-state index in [0.717, 1.165) is 17.7 Å². The minimum atomic E-state index is -0.409. The van der Waals surface area contributed by atoms with E-state index in [2.05, 4.69) is 5.32 Å². The number of anilines is 1. The number of hydrogen-bond acceptors (Lipinski definition) is 3. The lowest BCUT2D eigenvalue weighted by atomic mass is 10.0. The van der Waals surface area contributed by atoms with Gasteiger partial charge in [0, 0.05) is 18.8 Å². The normalized spacial score (nSPS) is 25.9. The van der Waals surface area contributed by atoms with Crippen LogP contribution in [0.1, 0.15) is 18.9 Å². The minimum absolute atomic E-state index is 0.0816. The van der Waals surface area contributed by atoms with Crippen molar-refractivity contribution in [1.82, 2.24) is 4.90 Å². The van der Waals surface area contributed by atoms with Crippen molar-refractivity contribution in [2.45, 2.75) is 26.0 Å². The van der Waals surface area contributed by atoms with Crippen LogP contribution in [0.2, 0.25) is 0 Å². The van der Waals surface area contributed by atoms with Crippen molar-refractivity contribution < 1.29 is 14.3 Å². The molecule has 1 N–H and O–H groups in total. The SMILES string of the molecule is CC1CCOC1C(=O)N1CC(=O)Nc2ccccc2C1. The Hall–Kier alpha value is -1.88. The van der Waals surface area contributed by atoms with E-state index in [1.807, 2.05) is 31.2 Å². The monoisotopic (exact) mass is 274 g/mol. The number of para-hydroxylation sites is 1. The van der Waals surface area contributed by atoms with Crippen LogP contribution in [-0.2, 0) is 20.9 Å². The number of rotatable bonds is 1. The molecule has 0 radical (unpaired) electrons. The molecule has 1 fully saturated rings. The summed E-state index contributed by atoms with van der Waals surface area (Å²) in [6.07, 6.45) is 0.487. The molecule has 2 heterocycles. The van der Waals surface area contributed by atoms with Gasteiger partial charge in [0.2, 0.25) is 5.91 Å². The molecule has 0 aliphatic carbocycles. The Kier molecular flexibility index (Phi) is 3.44. The van der Waals surface area contributed by atoms with Gasteiger partial charge in [-0.05, 0) is 24.0 Å². The Morgan fingerprint density at radius 2 is 2.15 bits per heavy atom. The van der Waals surface area contributed by atoms with Crippen molar-refractivity contribution in [2.75, 3.05) is 18.5 Å². The van der Waals surface area contributed by atoms with Gasteiger partial charge >= 0.3 is 0 Å². The standard InChI is InChI=1S/C15H18N2O3/c1-10-6-7-20-14(10)15(19)17-8-11-4-2-3-5-12(11)16-13(18)9-17/h2-5,10,14H,6-9H2,1H3,(H,16,18). The molecule has 2 atom stereocenters. The van der Waals surface area contributed by atoms with Crippen LogP contribution in [0.25, 0.3) is 0 Å². The van der Waals surface area contributed by atoms with E-state index in [1.54, 1.807) is 4.90 Å². The Morgan fingerprint density at radius 3 is 2.90 bits per heavy atom. The van der Waals surface area contributed by atoms with E-state index in [9.17, 15) is 9.59 Å². The lowest BCUT2D eigenvalue weighted by molar-refractivity contribution is -0.145. The molecule has 0 saturated carbocycles. The van der Waals surface area contributed by atoms with E-state index in [4.69, 9.17) is 4.74 Å². The molecule has 5 nitrogen and oxygen atoms in total. The Bertz CT molecular complexity index is 544. The van der Waals surface area contributed by atoms with E-state index >= 15 is 0 Å². The number of nitrogens with one attached hydrogen (secondary N) is 1. The fraction of sp³-hybridized carbons (Fsp3) is 0.467. The lowest BCUT2D eigenvalue weighted by Gasteiger charge is -2.24. The molecule has 2 unspecified atom stereocenters. The highest BCUT2D eigenvalue weighted by Gasteiger charge is 2.35. The summed E-state index contributed by atoms with van der Waals surface area (Å²) in [7, 11) is 0. The number of benzene rings is 1. The molecular formula is C15H18N2O3. The van der Waals surface area contributed by atoms with Crippen LogP contribution in [0.4, 0.5) is 5.69 Å². The number of ether oxygens (including phenoxy) is 1. The number of nitrogens with zero attached hydrogens (tertiary/aromatic N) is 1. The van der Waals surface area contributed by atoms with Crippen LogP contribution in [0.15, 0.2) is 24.3 Å². The smallest absolute Gasteiger partial charge is 0.252 e. The summed E-state index contributed by atoms with van der Waals surface area (Å²) in [6, 6.07) is 7.57. The summed E-state index contributed by atoms with van der Waals surface area (Å²) in [5, 5.41) is 2.84. The molecule has 0 spiro atoms. The van der Waals surface area contributed by atoms with Crippen LogP contribution in [0.5, 0.6) is 0 Å². The van der Waals surface area contributed by atoms with Gasteiger partial charge < -0.3 is 15.0 Å². The highest BCUT2D eigenvalue weighted by atomic mass is 16.5. The number of amides is 2. The number of fused-ring (bicyclic) bond motifs is 1.